The van der Waals surface area contributed by atoms with Gasteiger partial charge in [0, 0.05) is 6.07 Å². The summed E-state index contributed by atoms with van der Waals surface area (Å²) < 4.78 is 21.2. The average Bonchev–Trinajstić information content (AvgIpc) is 3.25. The third-order valence-electron chi connectivity index (χ3n) is 5.94. The number of amides is 1. The summed E-state index contributed by atoms with van der Waals surface area (Å²) in [4.78, 5) is 24.0. The molecule has 4 aromatic rings. The summed E-state index contributed by atoms with van der Waals surface area (Å²) in [6.45, 7) is 3.73. The predicted octanol–water partition coefficient (Wildman–Crippen LogP) is 6.27. The van der Waals surface area contributed by atoms with Gasteiger partial charge in [-0.3, -0.25) is 10.1 Å². The molecule has 0 radical (unpaired) electrons. The van der Waals surface area contributed by atoms with Gasteiger partial charge < -0.3 is 18.7 Å². The van der Waals surface area contributed by atoms with E-state index in [2.05, 4.69) is 21.5 Å². The van der Waals surface area contributed by atoms with Crippen LogP contribution in [0.25, 0.3) is 11.2 Å². The maximum absolute atomic E-state index is 12.5. The average molecular weight is 511 g/mol. The van der Waals surface area contributed by atoms with Crippen molar-refractivity contribution >= 4 is 52.0 Å². The molecule has 1 aliphatic carbocycles. The van der Waals surface area contributed by atoms with E-state index in [0.717, 1.165) is 22.7 Å². The number of aromatic nitrogens is 1. The van der Waals surface area contributed by atoms with Crippen LogP contribution in [-0.2, 0) is 14.9 Å². The molecule has 1 amide bonds. The van der Waals surface area contributed by atoms with Crippen LogP contribution in [0.5, 0.6) is 0 Å². The molecule has 3 heterocycles. The van der Waals surface area contributed by atoms with Crippen molar-refractivity contribution in [2.45, 2.75) is 38.2 Å². The van der Waals surface area contributed by atoms with Gasteiger partial charge in [-0.1, -0.05) is 35.9 Å². The highest BCUT2D eigenvalue weighted by Gasteiger charge is 2.54. The molecule has 3 aromatic heterocycles. The number of benzene rings is 1. The quantitative estimate of drug-likeness (QED) is 0.304. The van der Waals surface area contributed by atoms with Gasteiger partial charge >= 0.3 is 12.1 Å². The molecule has 1 fully saturated rings. The first-order valence-electron chi connectivity index (χ1n) is 10.7. The number of carboxylic acids is 1. The minimum atomic E-state index is -0.948. The molecular formula is C25H19ClN2O6S. The monoisotopic (exact) mass is 510 g/mol. The van der Waals surface area contributed by atoms with Crippen LogP contribution in [0.4, 0.5) is 10.5 Å². The number of aliphatic carboxylic acids is 1. The largest absolute Gasteiger partial charge is 0.480 e. The summed E-state index contributed by atoms with van der Waals surface area (Å²) in [5, 5.41) is 12.7. The van der Waals surface area contributed by atoms with Gasteiger partial charge in [0.25, 0.3) is 5.78 Å². The van der Waals surface area contributed by atoms with Crippen molar-refractivity contribution in [2.24, 2.45) is 0 Å². The predicted molar refractivity (Wildman–Crippen MR) is 130 cm³/mol. The number of hydrogen-bond acceptors (Lipinski definition) is 7. The van der Waals surface area contributed by atoms with E-state index < -0.39 is 23.6 Å². The van der Waals surface area contributed by atoms with Crippen molar-refractivity contribution in [2.75, 3.05) is 5.32 Å². The zero-order chi connectivity index (χ0) is 24.7. The Morgan fingerprint density at radius 3 is 2.71 bits per heavy atom. The van der Waals surface area contributed by atoms with Gasteiger partial charge in [-0.25, -0.2) is 4.79 Å². The maximum Gasteiger partial charge on any atom is 0.412 e. The van der Waals surface area contributed by atoms with E-state index in [1.807, 2.05) is 31.2 Å². The number of anilines is 1. The van der Waals surface area contributed by atoms with Crippen LogP contribution in [0, 0.1) is 18.8 Å². The number of carbonyl (C=O) groups excluding carboxylic acids is 1. The topological polar surface area (TPSA) is 115 Å². The number of hydrogen-bond donors (Lipinski definition) is 2. The molecule has 0 bridgehead atoms. The van der Waals surface area contributed by atoms with E-state index in [-0.39, 0.29) is 21.5 Å². The van der Waals surface area contributed by atoms with E-state index in [9.17, 15) is 14.7 Å². The van der Waals surface area contributed by atoms with Crippen LogP contribution in [0.2, 0.25) is 4.34 Å². The van der Waals surface area contributed by atoms with Gasteiger partial charge in [-0.05, 0) is 67.3 Å². The van der Waals surface area contributed by atoms with Crippen LogP contribution >= 0.6 is 23.1 Å². The summed E-state index contributed by atoms with van der Waals surface area (Å²) in [5.41, 5.74) is 1.48. The summed E-state index contributed by atoms with van der Waals surface area (Å²) >= 11 is 7.20. The standard InChI is InChI=1S/C25H19ClN2O6S/c1-13-5-3-4-6-17(13)14(2)32-24(31)27-20-18(28-35-21(20)26)8-7-16-11-15-12-19(34-22(15)33-16)25(9-10-25)23(29)30/h3-6,11-12,14H,9-10H2,1-2H3,(H,27,31)(H,29,30). The summed E-state index contributed by atoms with van der Waals surface area (Å²) in [5.74, 6) is 5.67. The smallest absolute Gasteiger partial charge is 0.412 e. The minimum Gasteiger partial charge on any atom is -0.480 e. The molecule has 2 N–H and O–H groups in total. The first-order chi connectivity index (χ1) is 16.8. The summed E-state index contributed by atoms with van der Waals surface area (Å²) in [6.07, 6.45) is -0.0632. The fourth-order valence-electron chi connectivity index (χ4n) is 3.81. The van der Waals surface area contributed by atoms with Crippen molar-refractivity contribution in [1.29, 1.82) is 0 Å². The molecular weight excluding hydrogens is 492 g/mol. The van der Waals surface area contributed by atoms with Crippen LogP contribution < -0.4 is 5.32 Å². The van der Waals surface area contributed by atoms with Crippen LogP contribution in [0.3, 0.4) is 0 Å². The molecule has 0 aliphatic heterocycles. The molecule has 1 aromatic carbocycles. The van der Waals surface area contributed by atoms with Crippen molar-refractivity contribution in [1.82, 2.24) is 4.37 Å². The van der Waals surface area contributed by atoms with Gasteiger partial charge in [-0.2, -0.15) is 4.37 Å². The number of carboxylic acid groups (broad SMARTS) is 1. The van der Waals surface area contributed by atoms with Crippen molar-refractivity contribution in [3.8, 4) is 11.8 Å². The number of carbonyl (C=O) groups is 2. The van der Waals surface area contributed by atoms with Gasteiger partial charge in [0.15, 0.2) is 11.5 Å². The third kappa shape index (κ3) is 4.38. The lowest BCUT2D eigenvalue weighted by atomic mass is 10.0. The lowest BCUT2D eigenvalue weighted by molar-refractivity contribution is -0.140. The highest BCUT2D eigenvalue weighted by Crippen LogP contribution is 2.50. The Balaban J connectivity index is 1.30. The number of nitrogens with zero attached hydrogens (tertiary/aromatic N) is 1. The molecule has 1 aliphatic rings. The van der Waals surface area contributed by atoms with Crippen LogP contribution in [0.1, 0.15) is 54.2 Å². The van der Waals surface area contributed by atoms with Gasteiger partial charge in [-0.15, -0.1) is 0 Å². The first-order valence-corrected chi connectivity index (χ1v) is 11.9. The zero-order valence-corrected chi connectivity index (χ0v) is 20.2. The van der Waals surface area contributed by atoms with Crippen molar-refractivity contribution in [3.05, 3.63) is 69.1 Å². The number of fused-ring (bicyclic) bond motifs is 1. The first kappa shape index (κ1) is 23.0. The third-order valence-corrected chi connectivity index (χ3v) is 6.97. The molecule has 0 saturated heterocycles. The van der Waals surface area contributed by atoms with Crippen molar-refractivity contribution in [3.63, 3.8) is 0 Å². The fourth-order valence-corrected chi connectivity index (χ4v) is 4.60. The van der Waals surface area contributed by atoms with E-state index >= 15 is 0 Å². The molecule has 0 spiro atoms. The molecule has 5 rings (SSSR count). The normalized spacial score (nSPS) is 14.7. The second kappa shape index (κ2) is 8.80. The molecule has 35 heavy (non-hydrogen) atoms. The number of rotatable bonds is 5. The molecule has 1 unspecified atom stereocenters. The van der Waals surface area contributed by atoms with Gasteiger partial charge in [0.05, 0.1) is 5.39 Å². The lowest BCUT2D eigenvalue weighted by Crippen LogP contribution is -2.18. The Labute approximate surface area is 209 Å². The second-order valence-corrected chi connectivity index (χ2v) is 9.69. The Bertz CT molecular complexity index is 1490. The summed E-state index contributed by atoms with van der Waals surface area (Å²) in [7, 11) is 0. The highest BCUT2D eigenvalue weighted by molar-refractivity contribution is 7.11. The molecule has 1 saturated carbocycles. The summed E-state index contributed by atoms with van der Waals surface area (Å²) in [6, 6.07) is 11.0. The molecule has 1 atom stereocenters. The Morgan fingerprint density at radius 2 is 2.03 bits per heavy atom. The van der Waals surface area contributed by atoms with E-state index in [0.29, 0.717) is 29.7 Å². The second-order valence-electron chi connectivity index (χ2n) is 8.31. The zero-order valence-electron chi connectivity index (χ0n) is 18.7. The molecule has 8 nitrogen and oxygen atoms in total. The lowest BCUT2D eigenvalue weighted by Gasteiger charge is -2.16. The van der Waals surface area contributed by atoms with Gasteiger partial charge in [0.2, 0.25) is 0 Å². The van der Waals surface area contributed by atoms with E-state index in [1.54, 1.807) is 19.1 Å². The number of nitrogens with one attached hydrogen (secondary N) is 1. The number of furan rings is 2. The number of halogens is 1. The minimum absolute atomic E-state index is 0.209. The van der Waals surface area contributed by atoms with Crippen LogP contribution in [-0.4, -0.2) is 21.5 Å². The van der Waals surface area contributed by atoms with E-state index in [1.165, 1.54) is 0 Å². The van der Waals surface area contributed by atoms with Gasteiger partial charge in [0.1, 0.15) is 27.3 Å². The Hall–Kier alpha value is -3.74. The maximum atomic E-state index is 12.5. The Kier molecular flexibility index (Phi) is 5.79. The van der Waals surface area contributed by atoms with Crippen LogP contribution in [0.15, 0.2) is 45.2 Å². The number of aryl methyl sites for hydroxylation is 1. The van der Waals surface area contributed by atoms with Crippen molar-refractivity contribution < 1.29 is 28.3 Å². The number of ether oxygens (including phenoxy) is 1. The SMILES string of the molecule is Cc1ccccc1C(C)OC(=O)Nc1c(C#Cc2cc3cc(C4(C(=O)O)CC4)oc3o2)nsc1Cl. The Morgan fingerprint density at radius 1 is 1.26 bits per heavy atom. The molecule has 10 heteroatoms. The highest BCUT2D eigenvalue weighted by atomic mass is 35.5. The van der Waals surface area contributed by atoms with E-state index in [4.69, 9.17) is 25.2 Å². The molecule has 178 valence electrons. The fraction of sp³-hybridized carbons (Fsp3) is 0.240.